The molecule has 0 aliphatic carbocycles. The van der Waals surface area contributed by atoms with E-state index in [1.165, 1.54) is 16.7 Å². The van der Waals surface area contributed by atoms with Crippen LogP contribution in [-0.4, -0.2) is 56.5 Å². The number of nitrogens with zero attached hydrogens (tertiary/aromatic N) is 2. The number of hydrogen-bond donors (Lipinski definition) is 2. The molecule has 180 valence electrons. The van der Waals surface area contributed by atoms with Gasteiger partial charge in [0.05, 0.1) is 19.3 Å². The van der Waals surface area contributed by atoms with Gasteiger partial charge in [0.15, 0.2) is 17.5 Å². The lowest BCUT2D eigenvalue weighted by Gasteiger charge is -2.31. The van der Waals surface area contributed by atoms with E-state index in [1.54, 1.807) is 0 Å². The third kappa shape index (κ3) is 7.75. The lowest BCUT2D eigenvalue weighted by molar-refractivity contribution is -0.0212. The molecule has 1 atom stereocenters. The molecule has 2 aromatic carbocycles. The minimum Gasteiger partial charge on any atom is -0.454 e. The topological polar surface area (TPSA) is 67.4 Å². The maximum absolute atomic E-state index is 5.65. The molecule has 1 fully saturated rings. The van der Waals surface area contributed by atoms with E-state index in [0.29, 0.717) is 19.4 Å². The van der Waals surface area contributed by atoms with E-state index in [4.69, 9.17) is 19.2 Å². The van der Waals surface area contributed by atoms with Crippen LogP contribution in [0, 0.1) is 0 Å². The zero-order valence-electron chi connectivity index (χ0n) is 19.5. The Morgan fingerprint density at radius 1 is 1.06 bits per heavy atom. The number of rotatable bonds is 8. The molecule has 4 rings (SSSR count). The second-order valence-electron chi connectivity index (χ2n) is 8.30. The third-order valence-electron chi connectivity index (χ3n) is 5.63. The number of hydrogen-bond acceptors (Lipinski definition) is 5. The molecular formula is C25H35IN4O3. The van der Waals surface area contributed by atoms with Crippen molar-refractivity contribution in [3.05, 3.63) is 59.2 Å². The van der Waals surface area contributed by atoms with Crippen molar-refractivity contribution in [3.63, 3.8) is 0 Å². The van der Waals surface area contributed by atoms with Crippen molar-refractivity contribution in [2.24, 2.45) is 4.99 Å². The van der Waals surface area contributed by atoms with Crippen LogP contribution in [0.1, 0.15) is 30.5 Å². The van der Waals surface area contributed by atoms with E-state index in [9.17, 15) is 0 Å². The van der Waals surface area contributed by atoms with Gasteiger partial charge >= 0.3 is 0 Å². The van der Waals surface area contributed by atoms with E-state index in [-0.39, 0.29) is 24.0 Å². The Bertz CT molecular complexity index is 924. The van der Waals surface area contributed by atoms with Crippen LogP contribution in [0.25, 0.3) is 0 Å². The number of guanidine groups is 1. The van der Waals surface area contributed by atoms with Crippen LogP contribution in [0.15, 0.2) is 47.5 Å². The van der Waals surface area contributed by atoms with Crippen LogP contribution >= 0.6 is 24.0 Å². The van der Waals surface area contributed by atoms with Crippen molar-refractivity contribution in [2.75, 3.05) is 39.6 Å². The van der Waals surface area contributed by atoms with Gasteiger partial charge in [-0.15, -0.1) is 24.0 Å². The molecule has 0 radical (unpaired) electrons. The van der Waals surface area contributed by atoms with E-state index >= 15 is 0 Å². The number of aliphatic imine (C=N–C) groups is 1. The number of ether oxygens (including phenoxy) is 3. The molecule has 0 spiro atoms. The van der Waals surface area contributed by atoms with Crippen molar-refractivity contribution in [1.29, 1.82) is 0 Å². The molecule has 0 aromatic heterocycles. The highest BCUT2D eigenvalue weighted by Gasteiger charge is 2.16. The highest BCUT2D eigenvalue weighted by atomic mass is 127. The number of fused-ring (bicyclic) bond motifs is 1. The van der Waals surface area contributed by atoms with Crippen LogP contribution in [0.4, 0.5) is 0 Å². The fraction of sp³-hybridized carbons (Fsp3) is 0.480. The molecule has 33 heavy (non-hydrogen) atoms. The molecule has 2 aliphatic heterocycles. The summed E-state index contributed by atoms with van der Waals surface area (Å²) in [5.74, 6) is 2.48. The van der Waals surface area contributed by atoms with Gasteiger partial charge in [0.1, 0.15) is 0 Å². The van der Waals surface area contributed by atoms with E-state index < -0.39 is 0 Å². The van der Waals surface area contributed by atoms with Gasteiger partial charge in [-0.25, -0.2) is 4.99 Å². The number of halogens is 1. The average Bonchev–Trinajstić information content (AvgIpc) is 3.26. The second kappa shape index (κ2) is 13.0. The molecule has 2 heterocycles. The molecular weight excluding hydrogens is 531 g/mol. The van der Waals surface area contributed by atoms with E-state index in [2.05, 4.69) is 65.8 Å². The predicted molar refractivity (Wildman–Crippen MR) is 142 cm³/mol. The minimum absolute atomic E-state index is 0. The van der Waals surface area contributed by atoms with Crippen LogP contribution in [0.3, 0.4) is 0 Å². The predicted octanol–water partition coefficient (Wildman–Crippen LogP) is 3.55. The summed E-state index contributed by atoms with van der Waals surface area (Å²) < 4.78 is 16.5. The molecule has 7 nitrogen and oxygen atoms in total. The number of nitrogens with one attached hydrogen (secondary N) is 2. The minimum atomic E-state index is 0. The fourth-order valence-corrected chi connectivity index (χ4v) is 4.05. The van der Waals surface area contributed by atoms with Gasteiger partial charge in [0.2, 0.25) is 6.79 Å². The standard InChI is InChI=1S/C25H34N4O3.HI/c1-3-26-25(27-10-9-20-7-8-23-24(14-20)32-18-31-23)28-15-21-5-4-6-22(13-21)17-29-11-12-30-19(2)16-29;/h4-8,13-14,19H,3,9-12,15-18H2,1-2H3,(H2,26,27,28);1H. The van der Waals surface area contributed by atoms with Gasteiger partial charge in [-0.05, 0) is 49.1 Å². The van der Waals surface area contributed by atoms with Crippen molar-refractivity contribution < 1.29 is 14.2 Å². The van der Waals surface area contributed by atoms with E-state index in [1.807, 2.05) is 6.07 Å². The summed E-state index contributed by atoms with van der Waals surface area (Å²) in [6.07, 6.45) is 1.19. The summed E-state index contributed by atoms with van der Waals surface area (Å²) in [6.45, 7) is 10.5. The second-order valence-corrected chi connectivity index (χ2v) is 8.30. The summed E-state index contributed by atoms with van der Waals surface area (Å²) >= 11 is 0. The molecule has 0 saturated carbocycles. The Morgan fingerprint density at radius 3 is 2.76 bits per heavy atom. The Balaban J connectivity index is 0.00000306. The lowest BCUT2D eigenvalue weighted by Crippen LogP contribution is -2.40. The highest BCUT2D eigenvalue weighted by Crippen LogP contribution is 2.32. The summed E-state index contributed by atoms with van der Waals surface area (Å²) in [6, 6.07) is 14.8. The first-order chi connectivity index (χ1) is 15.7. The van der Waals surface area contributed by atoms with Gasteiger partial charge in [0.25, 0.3) is 0 Å². The zero-order valence-corrected chi connectivity index (χ0v) is 21.8. The maximum Gasteiger partial charge on any atom is 0.231 e. The van der Waals surface area contributed by atoms with Crippen LogP contribution in [-0.2, 0) is 24.2 Å². The smallest absolute Gasteiger partial charge is 0.231 e. The van der Waals surface area contributed by atoms with Crippen molar-refractivity contribution >= 4 is 29.9 Å². The summed E-state index contributed by atoms with van der Waals surface area (Å²) in [5, 5.41) is 6.78. The van der Waals surface area contributed by atoms with Gasteiger partial charge in [-0.2, -0.15) is 0 Å². The quantitative estimate of drug-likeness (QED) is 0.290. The van der Waals surface area contributed by atoms with Crippen LogP contribution in [0.2, 0.25) is 0 Å². The molecule has 2 aromatic rings. The van der Waals surface area contributed by atoms with Gasteiger partial charge in [-0.1, -0.05) is 30.3 Å². The molecule has 8 heteroatoms. The normalized spacial score (nSPS) is 18.0. The first-order valence-electron chi connectivity index (χ1n) is 11.5. The van der Waals surface area contributed by atoms with Crippen molar-refractivity contribution in [1.82, 2.24) is 15.5 Å². The SMILES string of the molecule is CCNC(=NCc1cccc(CN2CCOC(C)C2)c1)NCCc1ccc2c(c1)OCO2.I. The monoisotopic (exact) mass is 566 g/mol. The van der Waals surface area contributed by atoms with Crippen LogP contribution in [0.5, 0.6) is 11.5 Å². The Hall–Kier alpha value is -2.04. The van der Waals surface area contributed by atoms with Crippen molar-refractivity contribution in [2.45, 2.75) is 39.5 Å². The maximum atomic E-state index is 5.65. The van der Waals surface area contributed by atoms with Crippen LogP contribution < -0.4 is 20.1 Å². The first kappa shape index (κ1) is 25.6. The molecule has 0 bridgehead atoms. The van der Waals surface area contributed by atoms with Gasteiger partial charge in [0, 0.05) is 32.7 Å². The molecule has 1 unspecified atom stereocenters. The number of benzene rings is 2. The molecule has 1 saturated heterocycles. The van der Waals surface area contributed by atoms with Gasteiger partial charge in [-0.3, -0.25) is 4.90 Å². The van der Waals surface area contributed by atoms with Crippen molar-refractivity contribution in [3.8, 4) is 11.5 Å². The highest BCUT2D eigenvalue weighted by molar-refractivity contribution is 14.0. The summed E-state index contributed by atoms with van der Waals surface area (Å²) in [4.78, 5) is 7.25. The molecule has 2 N–H and O–H groups in total. The average molecular weight is 566 g/mol. The van der Waals surface area contributed by atoms with E-state index in [0.717, 1.165) is 63.2 Å². The summed E-state index contributed by atoms with van der Waals surface area (Å²) in [7, 11) is 0. The molecule has 2 aliphatic rings. The zero-order chi connectivity index (χ0) is 22.2. The first-order valence-corrected chi connectivity index (χ1v) is 11.5. The Kier molecular flexibility index (Phi) is 10.1. The Labute approximate surface area is 213 Å². The Morgan fingerprint density at radius 2 is 1.91 bits per heavy atom. The van der Waals surface area contributed by atoms with Gasteiger partial charge < -0.3 is 24.8 Å². The summed E-state index contributed by atoms with van der Waals surface area (Å²) in [5.41, 5.74) is 3.76. The fourth-order valence-electron chi connectivity index (χ4n) is 4.05. The molecule has 0 amide bonds. The lowest BCUT2D eigenvalue weighted by atomic mass is 10.1. The third-order valence-corrected chi connectivity index (χ3v) is 5.63. The number of morpholine rings is 1. The largest absolute Gasteiger partial charge is 0.454 e.